The van der Waals surface area contributed by atoms with E-state index in [1.807, 2.05) is 12.1 Å². The van der Waals surface area contributed by atoms with Crippen molar-refractivity contribution in [1.29, 1.82) is 0 Å². The predicted molar refractivity (Wildman–Crippen MR) is 105 cm³/mol. The molecule has 8 heteroatoms. The van der Waals surface area contributed by atoms with E-state index in [9.17, 15) is 19.5 Å². The molecule has 0 spiro atoms. The summed E-state index contributed by atoms with van der Waals surface area (Å²) >= 11 is 3.49. The van der Waals surface area contributed by atoms with E-state index < -0.39 is 35.7 Å². The van der Waals surface area contributed by atoms with Gasteiger partial charge in [-0.3, -0.25) is 9.59 Å². The van der Waals surface area contributed by atoms with Crippen molar-refractivity contribution in [3.8, 4) is 5.75 Å². The molecule has 0 bridgehead atoms. The van der Waals surface area contributed by atoms with Crippen LogP contribution in [-0.4, -0.2) is 50.3 Å². The van der Waals surface area contributed by atoms with Crippen molar-refractivity contribution in [1.82, 2.24) is 0 Å². The van der Waals surface area contributed by atoms with E-state index in [4.69, 9.17) is 4.74 Å². The topological polar surface area (TPSA) is 99.1 Å². The third-order valence-corrected chi connectivity index (χ3v) is 5.43. The van der Waals surface area contributed by atoms with Crippen LogP contribution in [0.5, 0.6) is 5.75 Å². The fourth-order valence-corrected chi connectivity index (χ4v) is 3.59. The summed E-state index contributed by atoms with van der Waals surface area (Å²) < 4.78 is 15.1. The Morgan fingerprint density at radius 2 is 1.64 bits per heavy atom. The van der Waals surface area contributed by atoms with E-state index in [-0.39, 0.29) is 0 Å². The Kier molecular flexibility index (Phi) is 7.15. The molecule has 0 aromatic heterocycles. The first-order valence-corrected chi connectivity index (χ1v) is 9.19. The number of esters is 2. The van der Waals surface area contributed by atoms with Crippen molar-refractivity contribution < 1.29 is 33.7 Å². The number of aliphatic hydroxyl groups is 1. The van der Waals surface area contributed by atoms with Gasteiger partial charge in [0.25, 0.3) is 0 Å². The average Bonchev–Trinajstić information content (AvgIpc) is 2.72. The number of fused-ring (bicyclic) bond motifs is 1. The highest BCUT2D eigenvalue weighted by molar-refractivity contribution is 9.10. The molecule has 3 atom stereocenters. The minimum absolute atomic E-state index is 0.625. The summed E-state index contributed by atoms with van der Waals surface area (Å²) in [4.78, 5) is 36.6. The van der Waals surface area contributed by atoms with Crippen LogP contribution in [0.25, 0.3) is 10.8 Å². The van der Waals surface area contributed by atoms with Crippen LogP contribution in [-0.2, 0) is 23.9 Å². The van der Waals surface area contributed by atoms with Crippen LogP contribution in [0.2, 0.25) is 0 Å². The number of halogens is 1. The summed E-state index contributed by atoms with van der Waals surface area (Å²) in [7, 11) is 3.71. The first kappa shape index (κ1) is 21.8. The lowest BCUT2D eigenvalue weighted by Crippen LogP contribution is -2.43. The zero-order chi connectivity index (χ0) is 21.0. The lowest BCUT2D eigenvalue weighted by atomic mass is 9.85. The molecule has 0 aliphatic carbocycles. The molecule has 150 valence electrons. The summed E-state index contributed by atoms with van der Waals surface area (Å²) in [6.07, 6.45) is -1.94. The van der Waals surface area contributed by atoms with Crippen LogP contribution < -0.4 is 4.74 Å². The molecule has 0 amide bonds. The lowest BCUT2D eigenvalue weighted by Gasteiger charge is -2.21. The molecule has 0 heterocycles. The monoisotopic (exact) mass is 452 g/mol. The van der Waals surface area contributed by atoms with Gasteiger partial charge in [-0.1, -0.05) is 31.2 Å². The van der Waals surface area contributed by atoms with Gasteiger partial charge in [0.1, 0.15) is 5.75 Å². The molecule has 0 radical (unpaired) electrons. The van der Waals surface area contributed by atoms with Crippen LogP contribution in [0, 0.1) is 5.92 Å². The first-order valence-electron chi connectivity index (χ1n) is 8.40. The van der Waals surface area contributed by atoms with Crippen LogP contribution in [0.4, 0.5) is 0 Å². The molecule has 0 fully saturated rings. The quantitative estimate of drug-likeness (QED) is 0.508. The molecule has 0 aliphatic rings. The lowest BCUT2D eigenvalue weighted by molar-refractivity contribution is -0.166. The Morgan fingerprint density at radius 3 is 2.21 bits per heavy atom. The number of hydrogen-bond donors (Lipinski definition) is 1. The standard InChI is InChI=1S/C20H21BrO7/c1-10(17(22)15(19(24)27-3)18(23)20(25)28-4)11-5-7-13-12(9-11)6-8-14(26-2)16(13)21/h5-10,15,18,23H,1-4H3/t10?,15-,18+/m0/s1. The van der Waals surface area contributed by atoms with Crippen molar-refractivity contribution in [3.05, 3.63) is 40.4 Å². The minimum atomic E-state index is -1.94. The molecule has 1 unspecified atom stereocenters. The number of rotatable bonds is 7. The Balaban J connectivity index is 2.41. The molecule has 2 rings (SSSR count). The van der Waals surface area contributed by atoms with Crippen molar-refractivity contribution >= 4 is 44.4 Å². The van der Waals surface area contributed by atoms with Gasteiger partial charge in [-0.2, -0.15) is 0 Å². The molecule has 0 aliphatic heterocycles. The zero-order valence-corrected chi connectivity index (χ0v) is 17.5. The van der Waals surface area contributed by atoms with Crippen LogP contribution >= 0.6 is 15.9 Å². The van der Waals surface area contributed by atoms with Gasteiger partial charge in [0.05, 0.1) is 25.8 Å². The summed E-state index contributed by atoms with van der Waals surface area (Å²) in [6, 6.07) is 9.02. The van der Waals surface area contributed by atoms with Crippen LogP contribution in [0.1, 0.15) is 18.4 Å². The second kappa shape index (κ2) is 9.16. The van der Waals surface area contributed by atoms with E-state index in [2.05, 4.69) is 25.4 Å². The number of carbonyl (C=O) groups is 3. The molecule has 0 saturated heterocycles. The van der Waals surface area contributed by atoms with Crippen molar-refractivity contribution in [2.24, 2.45) is 5.92 Å². The molecule has 1 N–H and O–H groups in total. The van der Waals surface area contributed by atoms with Gasteiger partial charge in [0, 0.05) is 5.92 Å². The van der Waals surface area contributed by atoms with Crippen molar-refractivity contribution in [3.63, 3.8) is 0 Å². The maximum Gasteiger partial charge on any atom is 0.336 e. The van der Waals surface area contributed by atoms with E-state index >= 15 is 0 Å². The average molecular weight is 453 g/mol. The molecular formula is C20H21BrO7. The largest absolute Gasteiger partial charge is 0.496 e. The van der Waals surface area contributed by atoms with E-state index in [0.717, 1.165) is 29.5 Å². The Hall–Kier alpha value is -2.45. The van der Waals surface area contributed by atoms with E-state index in [0.29, 0.717) is 11.3 Å². The number of methoxy groups -OCH3 is 3. The summed E-state index contributed by atoms with van der Waals surface area (Å²) in [5.41, 5.74) is 0.625. The summed E-state index contributed by atoms with van der Waals surface area (Å²) in [5, 5.41) is 11.8. The molecule has 2 aromatic rings. The van der Waals surface area contributed by atoms with Gasteiger partial charge in [-0.25, -0.2) is 4.79 Å². The highest BCUT2D eigenvalue weighted by Crippen LogP contribution is 2.35. The zero-order valence-electron chi connectivity index (χ0n) is 15.9. The summed E-state index contributed by atoms with van der Waals surface area (Å²) in [5.74, 6) is -4.49. The fourth-order valence-electron chi connectivity index (χ4n) is 2.94. The van der Waals surface area contributed by atoms with Crippen molar-refractivity contribution in [2.75, 3.05) is 21.3 Å². The highest BCUT2D eigenvalue weighted by atomic mass is 79.9. The number of Topliss-reactive ketones (excluding diaryl/α,β-unsaturated/α-hetero) is 1. The van der Waals surface area contributed by atoms with Gasteiger partial charge in [0.2, 0.25) is 0 Å². The smallest absolute Gasteiger partial charge is 0.336 e. The van der Waals surface area contributed by atoms with Crippen LogP contribution in [0.3, 0.4) is 0 Å². The van der Waals surface area contributed by atoms with Crippen molar-refractivity contribution in [2.45, 2.75) is 18.9 Å². The first-order chi connectivity index (χ1) is 13.3. The highest BCUT2D eigenvalue weighted by Gasteiger charge is 2.41. The Morgan fingerprint density at radius 1 is 1.00 bits per heavy atom. The SMILES string of the molecule is COC(=O)[C@@H](C(=O)C(C)c1ccc2c(Br)c(OC)ccc2c1)[C@@H](O)C(=O)OC. The third-order valence-electron chi connectivity index (χ3n) is 4.61. The van der Waals surface area contributed by atoms with E-state index in [1.165, 1.54) is 0 Å². The number of carbonyl (C=O) groups excluding carboxylic acids is 3. The fraction of sp³-hybridized carbons (Fsp3) is 0.350. The summed E-state index contributed by atoms with van der Waals surface area (Å²) in [6.45, 7) is 1.60. The minimum Gasteiger partial charge on any atom is -0.496 e. The second-order valence-corrected chi connectivity index (χ2v) is 6.95. The number of aliphatic hydroxyl groups excluding tert-OH is 1. The molecule has 7 nitrogen and oxygen atoms in total. The Labute approximate surface area is 170 Å². The number of benzene rings is 2. The van der Waals surface area contributed by atoms with Gasteiger partial charge >= 0.3 is 11.9 Å². The number of ketones is 1. The number of hydrogen-bond acceptors (Lipinski definition) is 7. The van der Waals surface area contributed by atoms with Crippen LogP contribution in [0.15, 0.2) is 34.8 Å². The van der Waals surface area contributed by atoms with Gasteiger partial charge < -0.3 is 19.3 Å². The van der Waals surface area contributed by atoms with E-state index in [1.54, 1.807) is 32.2 Å². The second-order valence-electron chi connectivity index (χ2n) is 6.16. The number of ether oxygens (including phenoxy) is 3. The van der Waals surface area contributed by atoms with Gasteiger partial charge in [-0.05, 0) is 38.3 Å². The molecular weight excluding hydrogens is 432 g/mol. The molecule has 28 heavy (non-hydrogen) atoms. The maximum absolute atomic E-state index is 12.9. The van der Waals surface area contributed by atoms with Gasteiger partial charge in [0.15, 0.2) is 17.8 Å². The predicted octanol–water partition coefficient (Wildman–Crippen LogP) is 2.61. The molecule has 0 saturated carbocycles. The third kappa shape index (κ3) is 4.18. The normalized spacial score (nSPS) is 14.1. The Bertz CT molecular complexity index is 909. The maximum atomic E-state index is 12.9. The van der Waals surface area contributed by atoms with Gasteiger partial charge in [-0.15, -0.1) is 0 Å². The molecule has 2 aromatic carbocycles.